The van der Waals surface area contributed by atoms with Crippen LogP contribution < -0.4 is 5.32 Å². The van der Waals surface area contributed by atoms with Crippen LogP contribution in [0.25, 0.3) is 0 Å². The van der Waals surface area contributed by atoms with Gasteiger partial charge in [0.15, 0.2) is 0 Å². The van der Waals surface area contributed by atoms with Crippen molar-refractivity contribution >= 4 is 5.91 Å². The summed E-state index contributed by atoms with van der Waals surface area (Å²) in [6.07, 6.45) is 7.63. The Morgan fingerprint density at radius 2 is 2.00 bits per heavy atom. The molecule has 1 aromatic rings. The zero-order valence-electron chi connectivity index (χ0n) is 12.5. The fourth-order valence-corrected chi connectivity index (χ4v) is 3.22. The molecule has 0 aliphatic heterocycles. The molecule has 1 fully saturated rings. The third-order valence-electron chi connectivity index (χ3n) is 4.66. The van der Waals surface area contributed by atoms with Gasteiger partial charge in [0.05, 0.1) is 23.7 Å². The number of hydrogen-bond donors (Lipinski definition) is 2. The van der Waals surface area contributed by atoms with Gasteiger partial charge in [-0.15, -0.1) is 0 Å². The molecule has 0 radical (unpaired) electrons. The standard InChI is InChI=1S/C16H23N3O2/c1-10-2-4-11(5-3-10)18-16(21)15-9-17-14-8-12(20)6-7-13(14)19-15/h9-12,20H,2-8H2,1H3,(H,18,21). The minimum Gasteiger partial charge on any atom is -0.393 e. The van der Waals surface area contributed by atoms with E-state index in [2.05, 4.69) is 22.2 Å². The lowest BCUT2D eigenvalue weighted by atomic mass is 9.87. The molecule has 0 spiro atoms. The number of nitrogens with one attached hydrogen (secondary N) is 1. The third-order valence-corrected chi connectivity index (χ3v) is 4.66. The molecule has 1 unspecified atom stereocenters. The molecular weight excluding hydrogens is 266 g/mol. The van der Waals surface area contributed by atoms with E-state index in [1.807, 2.05) is 0 Å². The number of amides is 1. The van der Waals surface area contributed by atoms with Crippen molar-refractivity contribution < 1.29 is 9.90 Å². The Hall–Kier alpha value is -1.49. The van der Waals surface area contributed by atoms with Gasteiger partial charge < -0.3 is 10.4 Å². The highest BCUT2D eigenvalue weighted by atomic mass is 16.3. The van der Waals surface area contributed by atoms with E-state index in [9.17, 15) is 9.90 Å². The van der Waals surface area contributed by atoms with Crippen molar-refractivity contribution in [1.82, 2.24) is 15.3 Å². The van der Waals surface area contributed by atoms with Gasteiger partial charge in [-0.1, -0.05) is 6.92 Å². The fourth-order valence-electron chi connectivity index (χ4n) is 3.22. The van der Waals surface area contributed by atoms with Crippen LogP contribution in [0.3, 0.4) is 0 Å². The summed E-state index contributed by atoms with van der Waals surface area (Å²) in [5.41, 5.74) is 2.10. The molecule has 0 bridgehead atoms. The van der Waals surface area contributed by atoms with E-state index in [1.54, 1.807) is 0 Å². The van der Waals surface area contributed by atoms with Crippen LogP contribution in [0.15, 0.2) is 6.20 Å². The van der Waals surface area contributed by atoms with Crippen LogP contribution in [0.4, 0.5) is 0 Å². The lowest BCUT2D eigenvalue weighted by Gasteiger charge is -2.27. The molecule has 0 aromatic carbocycles. The Morgan fingerprint density at radius 1 is 1.24 bits per heavy atom. The number of aryl methyl sites for hydroxylation is 1. The van der Waals surface area contributed by atoms with Gasteiger partial charge in [-0.05, 0) is 44.4 Å². The molecule has 2 N–H and O–H groups in total. The van der Waals surface area contributed by atoms with E-state index < -0.39 is 0 Å². The third kappa shape index (κ3) is 3.40. The quantitative estimate of drug-likeness (QED) is 0.868. The van der Waals surface area contributed by atoms with Gasteiger partial charge in [0.1, 0.15) is 5.69 Å². The zero-order valence-corrected chi connectivity index (χ0v) is 12.5. The lowest BCUT2D eigenvalue weighted by Crippen LogP contribution is -2.38. The summed E-state index contributed by atoms with van der Waals surface area (Å²) in [4.78, 5) is 21.0. The SMILES string of the molecule is CC1CCC(NC(=O)c2cnc3c(n2)CCC(O)C3)CC1. The van der Waals surface area contributed by atoms with Gasteiger partial charge in [-0.3, -0.25) is 9.78 Å². The number of fused-ring (bicyclic) bond motifs is 1. The van der Waals surface area contributed by atoms with Crippen LogP contribution in [0.5, 0.6) is 0 Å². The monoisotopic (exact) mass is 289 g/mol. The van der Waals surface area contributed by atoms with Crippen molar-refractivity contribution in [3.05, 3.63) is 23.3 Å². The number of aliphatic hydroxyl groups excluding tert-OH is 1. The van der Waals surface area contributed by atoms with Gasteiger partial charge in [-0.2, -0.15) is 0 Å². The van der Waals surface area contributed by atoms with E-state index in [1.165, 1.54) is 19.0 Å². The Kier molecular flexibility index (Phi) is 4.19. The summed E-state index contributed by atoms with van der Waals surface area (Å²) in [6.45, 7) is 2.27. The van der Waals surface area contributed by atoms with Crippen LogP contribution in [0, 0.1) is 5.92 Å². The van der Waals surface area contributed by atoms with E-state index in [0.717, 1.165) is 30.1 Å². The second-order valence-electron chi connectivity index (χ2n) is 6.48. The van der Waals surface area contributed by atoms with E-state index in [-0.39, 0.29) is 18.1 Å². The summed E-state index contributed by atoms with van der Waals surface area (Å²) in [7, 11) is 0. The van der Waals surface area contributed by atoms with Gasteiger partial charge in [0.2, 0.25) is 0 Å². The molecule has 2 aliphatic carbocycles. The second-order valence-corrected chi connectivity index (χ2v) is 6.48. The summed E-state index contributed by atoms with van der Waals surface area (Å²) in [5, 5.41) is 12.7. The minimum absolute atomic E-state index is 0.115. The highest BCUT2D eigenvalue weighted by Gasteiger charge is 2.23. The smallest absolute Gasteiger partial charge is 0.271 e. The number of carbonyl (C=O) groups is 1. The maximum Gasteiger partial charge on any atom is 0.271 e. The van der Waals surface area contributed by atoms with Crippen LogP contribution >= 0.6 is 0 Å². The van der Waals surface area contributed by atoms with Crippen LogP contribution in [-0.2, 0) is 12.8 Å². The first kappa shape index (κ1) is 14.4. The predicted octanol–water partition coefficient (Wildman–Crippen LogP) is 1.63. The van der Waals surface area contributed by atoms with Gasteiger partial charge in [0, 0.05) is 12.5 Å². The predicted molar refractivity (Wildman–Crippen MR) is 79.0 cm³/mol. The van der Waals surface area contributed by atoms with Crippen molar-refractivity contribution in [3.8, 4) is 0 Å². The molecule has 1 atom stereocenters. The average molecular weight is 289 g/mol. The molecule has 1 saturated carbocycles. The number of aromatic nitrogens is 2. The van der Waals surface area contributed by atoms with E-state index in [4.69, 9.17) is 0 Å². The van der Waals surface area contributed by atoms with Gasteiger partial charge in [0.25, 0.3) is 5.91 Å². The second kappa shape index (κ2) is 6.10. The molecule has 3 rings (SSSR count). The van der Waals surface area contributed by atoms with Crippen LogP contribution in [0.1, 0.15) is 60.9 Å². The summed E-state index contributed by atoms with van der Waals surface area (Å²) < 4.78 is 0. The number of nitrogens with zero attached hydrogens (tertiary/aromatic N) is 2. The summed E-state index contributed by atoms with van der Waals surface area (Å²) in [5.74, 6) is 0.657. The van der Waals surface area contributed by atoms with Crippen molar-refractivity contribution in [2.75, 3.05) is 0 Å². The number of hydrogen-bond acceptors (Lipinski definition) is 4. The molecule has 1 amide bonds. The first-order valence-electron chi connectivity index (χ1n) is 7.95. The first-order valence-corrected chi connectivity index (χ1v) is 7.95. The highest BCUT2D eigenvalue weighted by molar-refractivity contribution is 5.92. The summed E-state index contributed by atoms with van der Waals surface area (Å²) in [6, 6.07) is 0.272. The van der Waals surface area contributed by atoms with Crippen LogP contribution in [0.2, 0.25) is 0 Å². The molecule has 1 heterocycles. The normalized spacial score (nSPS) is 28.8. The number of rotatable bonds is 2. The molecule has 114 valence electrons. The Labute approximate surface area is 125 Å². The maximum absolute atomic E-state index is 12.3. The van der Waals surface area contributed by atoms with E-state index >= 15 is 0 Å². The largest absolute Gasteiger partial charge is 0.393 e. The fraction of sp³-hybridized carbons (Fsp3) is 0.688. The first-order chi connectivity index (χ1) is 10.1. The van der Waals surface area contributed by atoms with Crippen LogP contribution in [-0.4, -0.2) is 33.1 Å². The molecule has 1 aromatic heterocycles. The Morgan fingerprint density at radius 3 is 2.76 bits per heavy atom. The number of carbonyl (C=O) groups excluding carboxylic acids is 1. The highest BCUT2D eigenvalue weighted by Crippen LogP contribution is 2.23. The zero-order chi connectivity index (χ0) is 14.8. The van der Waals surface area contributed by atoms with Crippen molar-refractivity contribution in [2.45, 2.75) is 64.0 Å². The molecule has 21 heavy (non-hydrogen) atoms. The molecule has 5 nitrogen and oxygen atoms in total. The van der Waals surface area contributed by atoms with Crippen molar-refractivity contribution in [3.63, 3.8) is 0 Å². The lowest BCUT2D eigenvalue weighted by molar-refractivity contribution is 0.0917. The topological polar surface area (TPSA) is 75.1 Å². The van der Waals surface area contributed by atoms with Crippen molar-refractivity contribution in [1.29, 1.82) is 0 Å². The average Bonchev–Trinajstić information content (AvgIpc) is 2.49. The van der Waals surface area contributed by atoms with Gasteiger partial charge in [-0.25, -0.2) is 4.98 Å². The Balaban J connectivity index is 1.65. The molecular formula is C16H23N3O2. The molecule has 5 heteroatoms. The maximum atomic E-state index is 12.3. The molecule has 0 saturated heterocycles. The van der Waals surface area contributed by atoms with Crippen molar-refractivity contribution in [2.24, 2.45) is 5.92 Å². The number of aliphatic hydroxyl groups is 1. The van der Waals surface area contributed by atoms with E-state index in [0.29, 0.717) is 25.0 Å². The molecule has 2 aliphatic rings. The van der Waals surface area contributed by atoms with Gasteiger partial charge >= 0.3 is 0 Å². The minimum atomic E-state index is -0.323. The summed E-state index contributed by atoms with van der Waals surface area (Å²) >= 11 is 0. The Bertz CT molecular complexity index is 524.